The maximum atomic E-state index is 10.8. The zero-order valence-electron chi connectivity index (χ0n) is 9.28. The molecule has 0 aromatic heterocycles. The minimum atomic E-state index is -0.516. The molecule has 2 heterocycles. The molecular formula is C10H20N4O. The molecule has 15 heavy (non-hydrogen) atoms. The summed E-state index contributed by atoms with van der Waals surface area (Å²) in [5.41, 5.74) is 11.3. The number of carbonyl (C=O) groups is 1. The molecule has 5 heteroatoms. The van der Waals surface area contributed by atoms with E-state index in [2.05, 4.69) is 16.8 Å². The number of hydrogen-bond donors (Lipinski definition) is 2. The molecule has 0 saturated carbocycles. The van der Waals surface area contributed by atoms with Crippen molar-refractivity contribution >= 4 is 5.91 Å². The maximum Gasteiger partial charge on any atom is 0.235 e. The largest absolute Gasteiger partial charge is 0.368 e. The van der Waals surface area contributed by atoms with Gasteiger partial charge in [-0.05, 0) is 20.0 Å². The fourth-order valence-corrected chi connectivity index (χ4v) is 2.91. The molecule has 1 unspecified atom stereocenters. The summed E-state index contributed by atoms with van der Waals surface area (Å²) in [6.45, 7) is 5.08. The van der Waals surface area contributed by atoms with Crippen LogP contribution in [0.15, 0.2) is 0 Å². The van der Waals surface area contributed by atoms with Gasteiger partial charge in [-0.15, -0.1) is 0 Å². The van der Waals surface area contributed by atoms with Crippen molar-refractivity contribution in [3.05, 3.63) is 0 Å². The molecule has 0 aromatic carbocycles. The quantitative estimate of drug-likeness (QED) is 0.593. The van der Waals surface area contributed by atoms with E-state index in [0.29, 0.717) is 12.0 Å². The van der Waals surface area contributed by atoms with E-state index in [1.807, 2.05) is 0 Å². The zero-order chi connectivity index (χ0) is 11.1. The second-order valence-corrected chi connectivity index (χ2v) is 5.17. The Morgan fingerprint density at radius 1 is 1.47 bits per heavy atom. The first-order valence-corrected chi connectivity index (χ1v) is 5.47. The minimum absolute atomic E-state index is 0.401. The summed E-state index contributed by atoms with van der Waals surface area (Å²) in [4.78, 5) is 15.4. The van der Waals surface area contributed by atoms with Crippen LogP contribution in [0.4, 0.5) is 0 Å². The van der Waals surface area contributed by atoms with Gasteiger partial charge in [0, 0.05) is 31.6 Å². The van der Waals surface area contributed by atoms with E-state index in [-0.39, 0.29) is 0 Å². The summed E-state index contributed by atoms with van der Waals surface area (Å²) in [6.07, 6.45) is 1.23. The average Bonchev–Trinajstić information content (AvgIpc) is 2.48. The van der Waals surface area contributed by atoms with Gasteiger partial charge in [0.15, 0.2) is 0 Å². The zero-order valence-corrected chi connectivity index (χ0v) is 9.28. The Morgan fingerprint density at radius 2 is 2.13 bits per heavy atom. The normalized spacial score (nSPS) is 27.9. The van der Waals surface area contributed by atoms with E-state index < -0.39 is 11.9 Å². The molecule has 2 saturated heterocycles. The molecule has 1 spiro atoms. The van der Waals surface area contributed by atoms with Crippen molar-refractivity contribution in [3.63, 3.8) is 0 Å². The van der Waals surface area contributed by atoms with Crippen molar-refractivity contribution in [3.8, 4) is 0 Å². The van der Waals surface area contributed by atoms with E-state index in [0.717, 1.165) is 13.1 Å². The molecule has 86 valence electrons. The lowest BCUT2D eigenvalue weighted by atomic mass is 9.79. The fraction of sp³-hybridized carbons (Fsp3) is 0.900. The van der Waals surface area contributed by atoms with Crippen LogP contribution in [-0.2, 0) is 4.79 Å². The highest BCUT2D eigenvalue weighted by molar-refractivity contribution is 5.79. The SMILES string of the molecule is CN1CC2(CCN(CC(N)C(N)=O)C2)C1. The standard InChI is InChI=1S/C10H20N4O/c1-13-5-10(6-13)2-3-14(7-10)4-8(11)9(12)15/h8H,2-7,11H2,1H3,(H2,12,15). The van der Waals surface area contributed by atoms with Crippen LogP contribution in [0.1, 0.15) is 6.42 Å². The molecule has 4 N–H and O–H groups in total. The molecule has 0 aromatic rings. The van der Waals surface area contributed by atoms with Crippen molar-refractivity contribution in [1.29, 1.82) is 0 Å². The number of rotatable bonds is 3. The summed E-state index contributed by atoms with van der Waals surface area (Å²) >= 11 is 0. The number of hydrogen-bond acceptors (Lipinski definition) is 4. The lowest BCUT2D eigenvalue weighted by Gasteiger charge is -2.46. The first kappa shape index (κ1) is 10.9. The molecule has 0 radical (unpaired) electrons. The summed E-state index contributed by atoms with van der Waals surface area (Å²) in [7, 11) is 2.14. The predicted molar refractivity (Wildman–Crippen MR) is 58.2 cm³/mol. The highest BCUT2D eigenvalue weighted by atomic mass is 16.1. The van der Waals surface area contributed by atoms with Crippen LogP contribution in [-0.4, -0.2) is 61.5 Å². The van der Waals surface area contributed by atoms with E-state index in [4.69, 9.17) is 11.5 Å². The summed E-state index contributed by atoms with van der Waals surface area (Å²) in [5.74, 6) is -0.401. The van der Waals surface area contributed by atoms with Crippen LogP contribution in [0.3, 0.4) is 0 Å². The van der Waals surface area contributed by atoms with Crippen LogP contribution < -0.4 is 11.5 Å². The van der Waals surface area contributed by atoms with E-state index in [1.54, 1.807) is 0 Å². The smallest absolute Gasteiger partial charge is 0.235 e. The Morgan fingerprint density at radius 3 is 2.67 bits per heavy atom. The Kier molecular flexibility index (Phi) is 2.70. The minimum Gasteiger partial charge on any atom is -0.368 e. The van der Waals surface area contributed by atoms with Gasteiger partial charge >= 0.3 is 0 Å². The number of likely N-dealkylation sites (tertiary alicyclic amines) is 2. The van der Waals surface area contributed by atoms with Crippen molar-refractivity contribution in [2.75, 3.05) is 39.8 Å². The topological polar surface area (TPSA) is 75.6 Å². The van der Waals surface area contributed by atoms with Crippen LogP contribution in [0, 0.1) is 5.41 Å². The first-order chi connectivity index (χ1) is 7.01. The van der Waals surface area contributed by atoms with Gasteiger partial charge in [-0.2, -0.15) is 0 Å². The second kappa shape index (κ2) is 3.73. The molecule has 0 bridgehead atoms. The summed E-state index contributed by atoms with van der Waals surface area (Å²) < 4.78 is 0. The molecule has 2 rings (SSSR count). The molecular weight excluding hydrogens is 192 g/mol. The van der Waals surface area contributed by atoms with Gasteiger partial charge in [0.25, 0.3) is 0 Å². The van der Waals surface area contributed by atoms with Gasteiger partial charge < -0.3 is 21.3 Å². The van der Waals surface area contributed by atoms with Gasteiger partial charge in [0.2, 0.25) is 5.91 Å². The molecule has 1 atom stereocenters. The fourth-order valence-electron chi connectivity index (χ4n) is 2.91. The molecule has 0 aliphatic carbocycles. The van der Waals surface area contributed by atoms with Gasteiger partial charge in [-0.25, -0.2) is 0 Å². The highest BCUT2D eigenvalue weighted by Gasteiger charge is 2.46. The summed E-state index contributed by atoms with van der Waals surface area (Å²) in [6, 6.07) is -0.516. The van der Waals surface area contributed by atoms with Crippen LogP contribution in [0.25, 0.3) is 0 Å². The number of carbonyl (C=O) groups excluding carboxylic acids is 1. The third-order valence-corrected chi connectivity index (χ3v) is 3.55. The first-order valence-electron chi connectivity index (χ1n) is 5.47. The molecule has 1 amide bonds. The number of primary amides is 1. The Balaban J connectivity index is 1.81. The van der Waals surface area contributed by atoms with E-state index in [1.165, 1.54) is 19.5 Å². The van der Waals surface area contributed by atoms with Crippen molar-refractivity contribution in [2.24, 2.45) is 16.9 Å². The third kappa shape index (κ3) is 2.14. The van der Waals surface area contributed by atoms with Crippen LogP contribution in [0.2, 0.25) is 0 Å². The predicted octanol–water partition coefficient (Wildman–Crippen LogP) is -1.56. The number of nitrogens with two attached hydrogens (primary N) is 2. The molecule has 5 nitrogen and oxygen atoms in total. The Bertz CT molecular complexity index is 262. The monoisotopic (exact) mass is 212 g/mol. The maximum absolute atomic E-state index is 10.8. The van der Waals surface area contributed by atoms with Crippen LogP contribution >= 0.6 is 0 Å². The van der Waals surface area contributed by atoms with Gasteiger partial charge in [-0.3, -0.25) is 4.79 Å². The van der Waals surface area contributed by atoms with Gasteiger partial charge in [0.1, 0.15) is 0 Å². The van der Waals surface area contributed by atoms with Gasteiger partial charge in [0.05, 0.1) is 6.04 Å². The lowest BCUT2D eigenvalue weighted by Crippen LogP contribution is -2.56. The van der Waals surface area contributed by atoms with Crippen LogP contribution in [0.5, 0.6) is 0 Å². The van der Waals surface area contributed by atoms with Crippen molar-refractivity contribution in [2.45, 2.75) is 12.5 Å². The Labute approximate surface area is 90.4 Å². The van der Waals surface area contributed by atoms with E-state index >= 15 is 0 Å². The average molecular weight is 212 g/mol. The molecule has 2 aliphatic rings. The summed E-state index contributed by atoms with van der Waals surface area (Å²) in [5, 5.41) is 0. The van der Waals surface area contributed by atoms with Crippen molar-refractivity contribution < 1.29 is 4.79 Å². The van der Waals surface area contributed by atoms with Gasteiger partial charge in [-0.1, -0.05) is 0 Å². The molecule has 2 aliphatic heterocycles. The third-order valence-electron chi connectivity index (χ3n) is 3.55. The second-order valence-electron chi connectivity index (χ2n) is 5.17. The number of amides is 1. The number of nitrogens with zero attached hydrogens (tertiary/aromatic N) is 2. The lowest BCUT2D eigenvalue weighted by molar-refractivity contribution is -0.119. The highest BCUT2D eigenvalue weighted by Crippen LogP contribution is 2.38. The van der Waals surface area contributed by atoms with Crippen molar-refractivity contribution in [1.82, 2.24) is 9.80 Å². The Hall–Kier alpha value is -0.650. The molecule has 2 fully saturated rings. The van der Waals surface area contributed by atoms with E-state index in [9.17, 15) is 4.79 Å².